The first-order valence-corrected chi connectivity index (χ1v) is 9.15. The van der Waals surface area contributed by atoms with Crippen LogP contribution in [0.2, 0.25) is 0 Å². The first kappa shape index (κ1) is 19.6. The Kier molecular flexibility index (Phi) is 8.85. The van der Waals surface area contributed by atoms with E-state index in [0.29, 0.717) is 0 Å². The fraction of sp³-hybridized carbons (Fsp3) is 0.684. The van der Waals surface area contributed by atoms with Gasteiger partial charge in [-0.05, 0) is 19.3 Å². The molecule has 1 aromatic carbocycles. The highest BCUT2D eigenvalue weighted by Crippen LogP contribution is 2.22. The molecule has 0 saturated heterocycles. The van der Waals surface area contributed by atoms with E-state index in [2.05, 4.69) is 20.8 Å². The monoisotopic (exact) mass is 321 g/mol. The highest BCUT2D eigenvalue weighted by atomic mass is 16.6. The van der Waals surface area contributed by atoms with Crippen molar-refractivity contribution in [2.45, 2.75) is 65.8 Å². The van der Waals surface area contributed by atoms with Crippen molar-refractivity contribution in [2.75, 3.05) is 19.6 Å². The van der Waals surface area contributed by atoms with Crippen LogP contribution in [0, 0.1) is 10.1 Å². The van der Waals surface area contributed by atoms with E-state index in [9.17, 15) is 10.1 Å². The summed E-state index contributed by atoms with van der Waals surface area (Å²) in [6.45, 7) is 11.2. The Morgan fingerprint density at radius 1 is 0.957 bits per heavy atom. The van der Waals surface area contributed by atoms with E-state index in [1.807, 2.05) is 12.1 Å². The lowest BCUT2D eigenvalue weighted by Crippen LogP contribution is -2.49. The van der Waals surface area contributed by atoms with Crippen molar-refractivity contribution < 1.29 is 9.41 Å². The fourth-order valence-electron chi connectivity index (χ4n) is 3.21. The normalized spacial score (nSPS) is 11.6. The molecule has 0 bridgehead atoms. The maximum Gasteiger partial charge on any atom is 0.269 e. The number of hydrogen-bond donors (Lipinski definition) is 0. The lowest BCUT2D eigenvalue weighted by atomic mass is 10.1. The maximum atomic E-state index is 11.0. The number of hydrogen-bond acceptors (Lipinski definition) is 2. The van der Waals surface area contributed by atoms with Gasteiger partial charge in [0.1, 0.15) is 6.54 Å². The van der Waals surface area contributed by atoms with Crippen LogP contribution in [-0.4, -0.2) is 29.0 Å². The lowest BCUT2D eigenvalue weighted by Gasteiger charge is -2.39. The van der Waals surface area contributed by atoms with Crippen molar-refractivity contribution >= 4 is 5.69 Å². The van der Waals surface area contributed by atoms with Crippen LogP contribution in [-0.2, 0) is 6.54 Å². The Morgan fingerprint density at radius 3 is 1.91 bits per heavy atom. The second-order valence-electron chi connectivity index (χ2n) is 6.66. The molecule has 0 aliphatic rings. The summed E-state index contributed by atoms with van der Waals surface area (Å²) in [5.41, 5.74) is 1.31. The molecule has 0 aromatic heterocycles. The van der Waals surface area contributed by atoms with Crippen LogP contribution in [0.3, 0.4) is 0 Å². The minimum absolute atomic E-state index is 0.210. The molecule has 23 heavy (non-hydrogen) atoms. The molecule has 0 unspecified atom stereocenters. The second kappa shape index (κ2) is 10.4. The lowest BCUT2D eigenvalue weighted by molar-refractivity contribution is -0.941. The van der Waals surface area contributed by atoms with Crippen LogP contribution in [0.5, 0.6) is 0 Å². The molecule has 0 heterocycles. The molecular formula is C19H33N2O2+. The van der Waals surface area contributed by atoms with Crippen molar-refractivity contribution in [3.05, 3.63) is 39.9 Å². The van der Waals surface area contributed by atoms with Gasteiger partial charge in [0, 0.05) is 17.7 Å². The molecule has 0 atom stereocenters. The molecule has 0 N–H and O–H groups in total. The molecule has 1 aromatic rings. The molecule has 0 spiro atoms. The molecule has 0 aliphatic heterocycles. The van der Waals surface area contributed by atoms with Crippen LogP contribution in [0.25, 0.3) is 0 Å². The number of rotatable bonds is 12. The van der Waals surface area contributed by atoms with E-state index in [4.69, 9.17) is 0 Å². The topological polar surface area (TPSA) is 43.1 Å². The standard InChI is InChI=1S/C19H33N2O2/c1-4-7-13-21(14-8-5-2,15-9-6-3)17-18-11-10-12-19(16-18)20(22)23/h10-12,16H,4-9,13-15,17H2,1-3H3/q+1. The molecule has 0 radical (unpaired) electrons. The first-order chi connectivity index (χ1) is 11.1. The SMILES string of the molecule is CCCC[N+](CCCC)(CCCC)Cc1cccc([N+](=O)[O-])c1. The third-order valence-corrected chi connectivity index (χ3v) is 4.60. The van der Waals surface area contributed by atoms with Crippen molar-refractivity contribution in [3.8, 4) is 0 Å². The van der Waals surface area contributed by atoms with E-state index in [1.165, 1.54) is 58.2 Å². The quantitative estimate of drug-likeness (QED) is 0.297. The van der Waals surface area contributed by atoms with Gasteiger partial charge in [-0.3, -0.25) is 10.1 Å². The summed E-state index contributed by atoms with van der Waals surface area (Å²) in [5.74, 6) is 0. The number of unbranched alkanes of at least 4 members (excludes halogenated alkanes) is 3. The molecule has 130 valence electrons. The molecular weight excluding hydrogens is 288 g/mol. The highest BCUT2D eigenvalue weighted by Gasteiger charge is 2.26. The Morgan fingerprint density at radius 2 is 1.48 bits per heavy atom. The van der Waals surface area contributed by atoms with E-state index in [1.54, 1.807) is 12.1 Å². The van der Waals surface area contributed by atoms with Crippen LogP contribution in [0.1, 0.15) is 64.9 Å². The number of nitro benzene ring substituents is 1. The van der Waals surface area contributed by atoms with E-state index in [0.717, 1.165) is 16.6 Å². The van der Waals surface area contributed by atoms with Crippen molar-refractivity contribution in [3.63, 3.8) is 0 Å². The number of nitrogens with zero attached hydrogens (tertiary/aromatic N) is 2. The molecule has 0 saturated carbocycles. The minimum Gasteiger partial charge on any atom is -0.320 e. The third kappa shape index (κ3) is 6.69. The van der Waals surface area contributed by atoms with E-state index < -0.39 is 0 Å². The van der Waals surface area contributed by atoms with Crippen LogP contribution in [0.15, 0.2) is 24.3 Å². The number of non-ortho nitro benzene ring substituents is 1. The average Bonchev–Trinajstić information content (AvgIpc) is 2.56. The summed E-state index contributed by atoms with van der Waals surface area (Å²) >= 11 is 0. The van der Waals surface area contributed by atoms with Crippen molar-refractivity contribution in [2.24, 2.45) is 0 Å². The summed E-state index contributed by atoms with van der Waals surface area (Å²) in [6, 6.07) is 7.21. The van der Waals surface area contributed by atoms with E-state index >= 15 is 0 Å². The first-order valence-electron chi connectivity index (χ1n) is 9.15. The van der Waals surface area contributed by atoms with Gasteiger partial charge in [0.15, 0.2) is 0 Å². The van der Waals surface area contributed by atoms with Gasteiger partial charge < -0.3 is 4.48 Å². The summed E-state index contributed by atoms with van der Waals surface area (Å²) in [5, 5.41) is 11.0. The zero-order chi connectivity index (χ0) is 17.1. The zero-order valence-electron chi connectivity index (χ0n) is 15.1. The van der Waals surface area contributed by atoms with E-state index in [-0.39, 0.29) is 10.6 Å². The van der Waals surface area contributed by atoms with Crippen LogP contribution < -0.4 is 0 Å². The van der Waals surface area contributed by atoms with Gasteiger partial charge >= 0.3 is 0 Å². The zero-order valence-corrected chi connectivity index (χ0v) is 15.1. The van der Waals surface area contributed by atoms with Gasteiger partial charge in [0.2, 0.25) is 0 Å². The smallest absolute Gasteiger partial charge is 0.269 e. The summed E-state index contributed by atoms with van der Waals surface area (Å²) in [7, 11) is 0. The Balaban J connectivity index is 2.99. The average molecular weight is 321 g/mol. The number of quaternary nitrogens is 1. The molecule has 1 rings (SSSR count). The van der Waals surface area contributed by atoms with Crippen molar-refractivity contribution in [1.29, 1.82) is 0 Å². The third-order valence-electron chi connectivity index (χ3n) is 4.60. The second-order valence-corrected chi connectivity index (χ2v) is 6.66. The maximum absolute atomic E-state index is 11.0. The molecule has 4 nitrogen and oxygen atoms in total. The predicted molar refractivity (Wildman–Crippen MR) is 96.4 cm³/mol. The number of benzene rings is 1. The largest absolute Gasteiger partial charge is 0.320 e. The van der Waals surface area contributed by atoms with Crippen LogP contribution >= 0.6 is 0 Å². The summed E-state index contributed by atoms with van der Waals surface area (Å²) < 4.78 is 1.08. The highest BCUT2D eigenvalue weighted by molar-refractivity contribution is 5.33. The molecule has 0 amide bonds. The van der Waals surface area contributed by atoms with Gasteiger partial charge in [-0.15, -0.1) is 0 Å². The van der Waals surface area contributed by atoms with Crippen molar-refractivity contribution in [1.82, 2.24) is 0 Å². The Hall–Kier alpha value is -1.42. The van der Waals surface area contributed by atoms with Crippen LogP contribution in [0.4, 0.5) is 5.69 Å². The van der Waals surface area contributed by atoms with Gasteiger partial charge in [-0.25, -0.2) is 0 Å². The molecule has 0 aliphatic carbocycles. The van der Waals surface area contributed by atoms with Gasteiger partial charge in [0.25, 0.3) is 5.69 Å². The van der Waals surface area contributed by atoms with Gasteiger partial charge in [0.05, 0.1) is 24.6 Å². The minimum atomic E-state index is -0.289. The Labute approximate surface area is 141 Å². The number of nitro groups is 1. The summed E-state index contributed by atoms with van der Waals surface area (Å²) in [6.07, 6.45) is 7.28. The van der Waals surface area contributed by atoms with Gasteiger partial charge in [-0.1, -0.05) is 52.2 Å². The fourth-order valence-corrected chi connectivity index (χ4v) is 3.21. The molecule has 0 fully saturated rings. The Bertz CT molecular complexity index is 452. The predicted octanol–water partition coefficient (Wildman–Crippen LogP) is 5.31. The summed E-state index contributed by atoms with van der Waals surface area (Å²) in [4.78, 5) is 10.7. The van der Waals surface area contributed by atoms with Gasteiger partial charge in [-0.2, -0.15) is 0 Å². The molecule has 4 heteroatoms.